The van der Waals surface area contributed by atoms with Gasteiger partial charge in [-0.05, 0) is 148 Å². The number of fused-ring (bicyclic) bond motifs is 7. The normalized spacial score (nSPS) is 13.6. The quantitative estimate of drug-likeness (QED) is 0.158. The third-order valence-electron chi connectivity index (χ3n) is 12.3. The summed E-state index contributed by atoms with van der Waals surface area (Å²) in [4.78, 5) is 2.93. The summed E-state index contributed by atoms with van der Waals surface area (Å²) in [5.41, 5.74) is 14.2. The van der Waals surface area contributed by atoms with Crippen LogP contribution in [0.1, 0.15) is 5.56 Å². The van der Waals surface area contributed by atoms with Gasteiger partial charge >= 0.3 is 0 Å². The van der Waals surface area contributed by atoms with Gasteiger partial charge in [-0.1, -0.05) is 164 Å². The van der Waals surface area contributed by atoms with Crippen molar-refractivity contribution >= 4 is 53.1 Å². The summed E-state index contributed by atoms with van der Waals surface area (Å²) in [5, 5.41) is 10.3. The summed E-state index contributed by atoms with van der Waals surface area (Å²) in [7, 11) is -1.35. The standard InChI is InChI=1S/C55H40S/c1-35-15-12-24-43-41(35)23-14-26-46(43)55-49-31-39(36-16-6-4-7-17-36)28-30-47(49)54(45-25-13-21-38-20-10-11-22-42(38)45)50-33-48-44-29-27-40(37-18-8-5-9-19-37)32-52(44)56(2,3)53(48)34-51(50)55/h4-34H,1-3H3. The molecule has 0 radical (unpaired) electrons. The molecule has 10 aromatic carbocycles. The number of hydrogen-bond acceptors (Lipinski definition) is 0. The molecule has 0 saturated carbocycles. The van der Waals surface area contributed by atoms with Crippen molar-refractivity contribution in [3.8, 4) is 55.6 Å². The van der Waals surface area contributed by atoms with Crippen LogP contribution < -0.4 is 0 Å². The predicted molar refractivity (Wildman–Crippen MR) is 244 cm³/mol. The van der Waals surface area contributed by atoms with Gasteiger partial charge in [0.15, 0.2) is 0 Å². The zero-order valence-corrected chi connectivity index (χ0v) is 32.6. The summed E-state index contributed by atoms with van der Waals surface area (Å²) in [5.74, 6) is 0. The highest BCUT2D eigenvalue weighted by Crippen LogP contribution is 2.69. The van der Waals surface area contributed by atoms with Crippen LogP contribution in [0.15, 0.2) is 198 Å². The van der Waals surface area contributed by atoms with Crippen LogP contribution in [0.3, 0.4) is 0 Å². The molecule has 56 heavy (non-hydrogen) atoms. The second kappa shape index (κ2) is 12.6. The number of rotatable bonds is 4. The summed E-state index contributed by atoms with van der Waals surface area (Å²) >= 11 is 0. The highest BCUT2D eigenvalue weighted by molar-refractivity contribution is 8.33. The molecule has 0 bridgehead atoms. The van der Waals surface area contributed by atoms with Crippen molar-refractivity contribution in [3.05, 3.63) is 194 Å². The highest BCUT2D eigenvalue weighted by Gasteiger charge is 2.34. The summed E-state index contributed by atoms with van der Waals surface area (Å²) in [6, 6.07) is 70.6. The molecule has 0 atom stereocenters. The fourth-order valence-electron chi connectivity index (χ4n) is 9.50. The Bertz CT molecular complexity index is 3200. The van der Waals surface area contributed by atoms with E-state index >= 15 is 0 Å². The third-order valence-corrected chi connectivity index (χ3v) is 15.1. The Kier molecular flexibility index (Phi) is 7.40. The molecular weight excluding hydrogens is 693 g/mol. The zero-order chi connectivity index (χ0) is 37.5. The Hall–Kier alpha value is -6.41. The van der Waals surface area contributed by atoms with Crippen molar-refractivity contribution in [1.82, 2.24) is 0 Å². The van der Waals surface area contributed by atoms with Crippen molar-refractivity contribution in [1.29, 1.82) is 0 Å². The minimum absolute atomic E-state index is 1.23. The molecule has 0 unspecified atom stereocenters. The molecule has 10 aromatic rings. The topological polar surface area (TPSA) is 0 Å². The van der Waals surface area contributed by atoms with E-state index in [1.807, 2.05) is 0 Å². The first-order valence-corrected chi connectivity index (χ1v) is 21.9. The summed E-state index contributed by atoms with van der Waals surface area (Å²) < 4.78 is 0. The molecule has 0 aromatic heterocycles. The molecule has 0 saturated heterocycles. The van der Waals surface area contributed by atoms with E-state index < -0.39 is 10.0 Å². The minimum Gasteiger partial charge on any atom is -0.192 e. The van der Waals surface area contributed by atoms with Crippen LogP contribution in [0.2, 0.25) is 0 Å². The van der Waals surface area contributed by atoms with Crippen LogP contribution in [0.4, 0.5) is 0 Å². The van der Waals surface area contributed by atoms with Gasteiger partial charge in [-0.15, -0.1) is 0 Å². The van der Waals surface area contributed by atoms with E-state index in [9.17, 15) is 0 Å². The Morgan fingerprint density at radius 1 is 0.304 bits per heavy atom. The molecule has 1 heterocycles. The fourth-order valence-corrected chi connectivity index (χ4v) is 12.0. The largest absolute Gasteiger partial charge is 0.192 e. The van der Waals surface area contributed by atoms with E-state index in [0.717, 1.165) is 0 Å². The van der Waals surface area contributed by atoms with Crippen molar-refractivity contribution in [2.24, 2.45) is 0 Å². The van der Waals surface area contributed by atoms with Gasteiger partial charge in [0.1, 0.15) is 0 Å². The van der Waals surface area contributed by atoms with Gasteiger partial charge < -0.3 is 0 Å². The number of benzene rings is 10. The Labute approximate surface area is 330 Å². The first-order valence-electron chi connectivity index (χ1n) is 19.5. The van der Waals surface area contributed by atoms with Crippen LogP contribution in [0.5, 0.6) is 0 Å². The lowest BCUT2D eigenvalue weighted by Crippen LogP contribution is -1.96. The van der Waals surface area contributed by atoms with Crippen LogP contribution in [-0.2, 0) is 0 Å². The number of aryl methyl sites for hydroxylation is 1. The number of hydrogen-bond donors (Lipinski definition) is 0. The first kappa shape index (κ1) is 33.0. The molecule has 0 spiro atoms. The SMILES string of the molecule is Cc1cccc2c(-c3c4cc(-c5ccccc5)ccc4c(-c4cccc5ccccc45)c4cc5c(cc34)S(C)(C)c3cc(-c4ccccc4)ccc3-5)cccc12. The fraction of sp³-hybridized carbons (Fsp3) is 0.0545. The van der Waals surface area contributed by atoms with E-state index in [1.54, 1.807) is 0 Å². The molecule has 0 aliphatic carbocycles. The molecule has 266 valence electrons. The Morgan fingerprint density at radius 3 is 1.62 bits per heavy atom. The van der Waals surface area contributed by atoms with Gasteiger partial charge in [-0.25, -0.2) is 0 Å². The van der Waals surface area contributed by atoms with Gasteiger partial charge in [0.25, 0.3) is 0 Å². The van der Waals surface area contributed by atoms with Crippen LogP contribution >= 0.6 is 10.0 Å². The molecule has 1 heteroatoms. The molecule has 1 aliphatic rings. The molecule has 0 fully saturated rings. The molecule has 0 nitrogen and oxygen atoms in total. The molecule has 1 aliphatic heterocycles. The van der Waals surface area contributed by atoms with Crippen molar-refractivity contribution in [3.63, 3.8) is 0 Å². The Balaban J connectivity index is 1.32. The van der Waals surface area contributed by atoms with Crippen LogP contribution in [0.25, 0.3) is 98.7 Å². The van der Waals surface area contributed by atoms with Gasteiger partial charge in [0.05, 0.1) is 0 Å². The molecule has 0 amide bonds. The summed E-state index contributed by atoms with van der Waals surface area (Å²) in [6.07, 6.45) is 5.00. The van der Waals surface area contributed by atoms with E-state index in [1.165, 1.54) is 114 Å². The lowest BCUT2D eigenvalue weighted by Gasteiger charge is -2.29. The maximum Gasteiger partial charge on any atom is 0.00220 e. The van der Waals surface area contributed by atoms with Crippen LogP contribution in [-0.4, -0.2) is 12.5 Å². The summed E-state index contributed by atoms with van der Waals surface area (Å²) in [6.45, 7) is 2.24. The average Bonchev–Trinajstić information content (AvgIpc) is 3.46. The zero-order valence-electron chi connectivity index (χ0n) is 31.8. The smallest absolute Gasteiger partial charge is 0.00220 e. The Morgan fingerprint density at radius 2 is 0.839 bits per heavy atom. The lowest BCUT2D eigenvalue weighted by atomic mass is 9.82. The van der Waals surface area contributed by atoms with Crippen LogP contribution in [0, 0.1) is 6.92 Å². The molecule has 0 N–H and O–H groups in total. The van der Waals surface area contributed by atoms with E-state index in [2.05, 4.69) is 207 Å². The van der Waals surface area contributed by atoms with E-state index in [0.29, 0.717) is 0 Å². The molecule has 11 rings (SSSR count). The van der Waals surface area contributed by atoms with Gasteiger partial charge in [-0.2, -0.15) is 10.0 Å². The van der Waals surface area contributed by atoms with Gasteiger partial charge in [0, 0.05) is 9.79 Å². The average molecular weight is 733 g/mol. The van der Waals surface area contributed by atoms with Gasteiger partial charge in [-0.3, -0.25) is 0 Å². The third kappa shape index (κ3) is 4.94. The molecular formula is C55H40S. The second-order valence-electron chi connectivity index (χ2n) is 15.7. The first-order chi connectivity index (χ1) is 27.5. The monoisotopic (exact) mass is 732 g/mol. The maximum atomic E-state index is 2.61. The van der Waals surface area contributed by atoms with E-state index in [-0.39, 0.29) is 0 Å². The van der Waals surface area contributed by atoms with Crippen molar-refractivity contribution in [2.45, 2.75) is 16.7 Å². The highest BCUT2D eigenvalue weighted by atomic mass is 32.3. The van der Waals surface area contributed by atoms with Crippen molar-refractivity contribution < 1.29 is 0 Å². The lowest BCUT2D eigenvalue weighted by molar-refractivity contribution is 1.45. The van der Waals surface area contributed by atoms with Gasteiger partial charge in [0.2, 0.25) is 0 Å². The predicted octanol–water partition coefficient (Wildman–Crippen LogP) is 15.7. The second-order valence-corrected chi connectivity index (χ2v) is 19.2. The van der Waals surface area contributed by atoms with Crippen molar-refractivity contribution in [2.75, 3.05) is 12.5 Å². The minimum atomic E-state index is -1.35. The maximum absolute atomic E-state index is 2.61. The van der Waals surface area contributed by atoms with E-state index in [4.69, 9.17) is 0 Å².